The second-order valence-electron chi connectivity index (χ2n) is 15.2. The Hall–Kier alpha value is -4.31. The third kappa shape index (κ3) is 5.82. The van der Waals surface area contributed by atoms with Gasteiger partial charge in [-0.1, -0.05) is 35.3 Å². The van der Waals surface area contributed by atoms with Crippen molar-refractivity contribution in [1.29, 1.82) is 5.26 Å². The zero-order valence-electron chi connectivity index (χ0n) is 29.8. The molecule has 2 aliphatic carbocycles. The van der Waals surface area contributed by atoms with Crippen LogP contribution in [0.4, 0.5) is 13.2 Å². The SMILES string of the molecule is Cc1nn(CC(F)F)cc1O[C@H]1C[C@H](c2cc3c(C)nc4c(F)c(-c5cccc(Cl)c5Cl)c(CCC#N)cc4c3n2[C@H]2[C@H]3CN[C@@H]2C3)N(C(=O)C2CC2)C1. The molecule has 5 aromatic rings. The number of amides is 1. The molecule has 1 N–H and O–H groups in total. The van der Waals surface area contributed by atoms with E-state index in [9.17, 15) is 18.8 Å². The molecule has 6 heterocycles. The lowest BCUT2D eigenvalue weighted by Crippen LogP contribution is -2.41. The van der Waals surface area contributed by atoms with E-state index in [1.165, 1.54) is 10.9 Å². The summed E-state index contributed by atoms with van der Waals surface area (Å²) >= 11 is 13.1. The molecule has 0 spiro atoms. The van der Waals surface area contributed by atoms with Crippen LogP contribution < -0.4 is 10.1 Å². The van der Waals surface area contributed by atoms with Crippen LogP contribution in [0.1, 0.15) is 66.8 Å². The van der Waals surface area contributed by atoms with Crippen LogP contribution in [0.2, 0.25) is 10.0 Å². The molecule has 5 aliphatic rings. The molecule has 9 nitrogen and oxygen atoms in total. The predicted octanol–water partition coefficient (Wildman–Crippen LogP) is 8.50. The van der Waals surface area contributed by atoms with Crippen molar-refractivity contribution in [1.82, 2.24) is 29.5 Å². The fraction of sp³-hybridized carbons (Fsp3) is 0.450. The highest BCUT2D eigenvalue weighted by Crippen LogP contribution is 2.51. The molecule has 0 unspecified atom stereocenters. The Morgan fingerprint density at radius 3 is 2.67 bits per heavy atom. The second-order valence-corrected chi connectivity index (χ2v) is 16.0. The summed E-state index contributed by atoms with van der Waals surface area (Å²) < 4.78 is 53.5. The summed E-state index contributed by atoms with van der Waals surface area (Å²) in [6.45, 7) is 4.27. The van der Waals surface area contributed by atoms with E-state index in [0.29, 0.717) is 64.0 Å². The monoisotopic (exact) mass is 775 g/mol. The summed E-state index contributed by atoms with van der Waals surface area (Å²) in [4.78, 5) is 20.9. The first-order valence-corrected chi connectivity index (χ1v) is 19.3. The van der Waals surface area contributed by atoms with Crippen LogP contribution in [0, 0.1) is 42.8 Å². The number of nitrogens with zero attached hydrogens (tertiary/aromatic N) is 6. The van der Waals surface area contributed by atoms with E-state index in [4.69, 9.17) is 32.9 Å². The number of likely N-dealkylation sites (tertiary alicyclic amines) is 1. The van der Waals surface area contributed by atoms with Gasteiger partial charge in [0.1, 0.15) is 23.9 Å². The first kappa shape index (κ1) is 35.4. The maximum absolute atomic E-state index is 17.2. The van der Waals surface area contributed by atoms with Crippen molar-refractivity contribution >= 4 is 50.9 Å². The van der Waals surface area contributed by atoms with Crippen LogP contribution in [0.5, 0.6) is 5.75 Å². The maximum Gasteiger partial charge on any atom is 0.257 e. The Labute approximate surface area is 320 Å². The first-order chi connectivity index (χ1) is 26.0. The molecule has 14 heteroatoms. The fourth-order valence-electron chi connectivity index (χ4n) is 9.10. The van der Waals surface area contributed by atoms with Gasteiger partial charge in [0.25, 0.3) is 6.43 Å². The minimum absolute atomic E-state index is 0.0427. The fourth-order valence-corrected chi connectivity index (χ4v) is 9.49. The third-order valence-electron chi connectivity index (χ3n) is 11.8. The van der Waals surface area contributed by atoms with E-state index < -0.39 is 24.9 Å². The van der Waals surface area contributed by atoms with Crippen LogP contribution in [-0.2, 0) is 17.8 Å². The first-order valence-electron chi connectivity index (χ1n) is 18.5. The number of hydrogen-bond donors (Lipinski definition) is 1. The number of aromatic nitrogens is 4. The normalized spacial score (nSPS) is 23.5. The van der Waals surface area contributed by atoms with Crippen molar-refractivity contribution in [2.75, 3.05) is 13.1 Å². The molecule has 54 heavy (non-hydrogen) atoms. The summed E-state index contributed by atoms with van der Waals surface area (Å²) in [5.41, 5.74) is 4.50. The summed E-state index contributed by atoms with van der Waals surface area (Å²) in [5, 5.41) is 19.5. The highest BCUT2D eigenvalue weighted by molar-refractivity contribution is 6.43. The van der Waals surface area contributed by atoms with E-state index in [-0.39, 0.29) is 52.5 Å². The maximum atomic E-state index is 17.2. The molecule has 1 amide bonds. The topological polar surface area (TPSA) is 101 Å². The summed E-state index contributed by atoms with van der Waals surface area (Å²) in [6.07, 6.45) is 2.18. The molecule has 2 saturated carbocycles. The third-order valence-corrected chi connectivity index (χ3v) is 12.6. The van der Waals surface area contributed by atoms with Gasteiger partial charge in [-0.05, 0) is 69.2 Å². The Morgan fingerprint density at radius 2 is 1.96 bits per heavy atom. The van der Waals surface area contributed by atoms with Crippen molar-refractivity contribution in [2.24, 2.45) is 11.8 Å². The number of rotatable bonds is 10. The molecular formula is C40H38Cl2F3N7O2. The summed E-state index contributed by atoms with van der Waals surface area (Å²) in [6, 6.07) is 11.3. The van der Waals surface area contributed by atoms with Gasteiger partial charge in [-0.3, -0.25) is 9.48 Å². The second kappa shape index (κ2) is 13.5. The zero-order chi connectivity index (χ0) is 37.6. The average molecular weight is 777 g/mol. The zero-order valence-corrected chi connectivity index (χ0v) is 31.3. The van der Waals surface area contributed by atoms with Gasteiger partial charge in [0.05, 0.1) is 46.5 Å². The van der Waals surface area contributed by atoms with E-state index in [1.54, 1.807) is 25.1 Å². The highest BCUT2D eigenvalue weighted by atomic mass is 35.5. The van der Waals surface area contributed by atoms with E-state index in [1.807, 2.05) is 17.9 Å². The Balaban J connectivity index is 1.22. The molecule has 5 atom stereocenters. The molecule has 280 valence electrons. The van der Waals surface area contributed by atoms with Gasteiger partial charge in [-0.15, -0.1) is 0 Å². The molecule has 3 aromatic heterocycles. The van der Waals surface area contributed by atoms with Gasteiger partial charge >= 0.3 is 0 Å². The van der Waals surface area contributed by atoms with Gasteiger partial charge in [-0.2, -0.15) is 10.4 Å². The molecule has 3 aliphatic heterocycles. The smallest absolute Gasteiger partial charge is 0.257 e. The number of carbonyl (C=O) groups excluding carboxylic acids is 1. The van der Waals surface area contributed by atoms with Crippen LogP contribution in [-0.4, -0.2) is 61.8 Å². The van der Waals surface area contributed by atoms with Crippen molar-refractivity contribution < 1.29 is 22.7 Å². The standard InChI is InChI=1S/C40H38Cl2F3N7O2/c1-19-26-14-31(30-13-24(16-51(30)40(53)21-8-9-21)54-32-17-50(18-33(43)44)49-20(32)2)52(38-23-12-29(38)47-15-23)39(26)27-11-22(5-4-10-46)34(36(45)37(27)48-19)25-6-3-7-28(41)35(25)42/h3,6-7,11,14,17,21,23-24,29-30,33,38,47H,4-5,8-9,12-13,15-16,18H2,1-2H3/t23-,24+,29-,30-,38+/m1/s1. The molecular weight excluding hydrogens is 738 g/mol. The van der Waals surface area contributed by atoms with E-state index >= 15 is 4.39 Å². The predicted molar refractivity (Wildman–Crippen MR) is 199 cm³/mol. The summed E-state index contributed by atoms with van der Waals surface area (Å²) in [5.74, 6) is 0.282. The molecule has 2 aromatic carbocycles. The lowest BCUT2D eigenvalue weighted by Gasteiger charge is -2.39. The largest absolute Gasteiger partial charge is 0.485 e. The molecule has 3 saturated heterocycles. The quantitative estimate of drug-likeness (QED) is 0.153. The number of carbonyl (C=O) groups is 1. The van der Waals surface area contributed by atoms with Gasteiger partial charge in [-0.25, -0.2) is 18.2 Å². The molecule has 5 fully saturated rings. The van der Waals surface area contributed by atoms with Gasteiger partial charge in [0.2, 0.25) is 5.91 Å². The van der Waals surface area contributed by atoms with Crippen molar-refractivity contribution in [2.45, 2.75) is 89.6 Å². The van der Waals surface area contributed by atoms with Gasteiger partial charge < -0.3 is 19.5 Å². The Kier molecular flexibility index (Phi) is 8.83. The van der Waals surface area contributed by atoms with Crippen LogP contribution in [0.3, 0.4) is 0 Å². The summed E-state index contributed by atoms with van der Waals surface area (Å²) in [7, 11) is 0. The Morgan fingerprint density at radius 1 is 1.15 bits per heavy atom. The minimum atomic E-state index is -2.55. The number of alkyl halides is 2. The number of hydrogen-bond acceptors (Lipinski definition) is 6. The van der Waals surface area contributed by atoms with Crippen LogP contribution in [0.15, 0.2) is 36.5 Å². The highest BCUT2D eigenvalue weighted by Gasteiger charge is 2.51. The van der Waals surface area contributed by atoms with Crippen molar-refractivity contribution in [3.05, 3.63) is 75.0 Å². The number of nitriles is 1. The van der Waals surface area contributed by atoms with E-state index in [2.05, 4.69) is 27.1 Å². The van der Waals surface area contributed by atoms with Crippen LogP contribution >= 0.6 is 23.2 Å². The minimum Gasteiger partial charge on any atom is -0.485 e. The van der Waals surface area contributed by atoms with Crippen molar-refractivity contribution in [3.63, 3.8) is 0 Å². The number of fused-ring (bicyclic) bond motifs is 4. The average Bonchev–Trinajstić information content (AvgIpc) is 3.50. The van der Waals surface area contributed by atoms with Gasteiger partial charge in [0.15, 0.2) is 11.6 Å². The lowest BCUT2D eigenvalue weighted by atomic mass is 9.79. The van der Waals surface area contributed by atoms with Gasteiger partial charge in [0, 0.05) is 64.6 Å². The molecule has 2 bridgehead atoms. The number of pyridine rings is 1. The number of ether oxygens (including phenoxy) is 1. The lowest BCUT2D eigenvalue weighted by molar-refractivity contribution is -0.133. The van der Waals surface area contributed by atoms with Crippen molar-refractivity contribution in [3.8, 4) is 22.9 Å². The number of benzene rings is 2. The number of halogens is 5. The number of aryl methyl sites for hydroxylation is 3. The van der Waals surface area contributed by atoms with E-state index in [0.717, 1.165) is 42.4 Å². The number of nitrogens with one attached hydrogen (secondary N) is 1. The Bertz CT molecular complexity index is 2370. The molecule has 0 radical (unpaired) electrons. The van der Waals surface area contributed by atoms with Crippen LogP contribution in [0.25, 0.3) is 32.9 Å². The molecule has 10 rings (SSSR count).